The third kappa shape index (κ3) is 9.97. The fraction of sp³-hybridized carbons (Fsp3) is 0.615. The highest BCUT2D eigenvalue weighted by Crippen LogP contribution is 2.24. The lowest BCUT2D eigenvalue weighted by Gasteiger charge is -2.10. The van der Waals surface area contributed by atoms with Gasteiger partial charge in [0, 0.05) is 5.39 Å². The minimum Gasteiger partial charge on any atom is -0.283 e. The van der Waals surface area contributed by atoms with Gasteiger partial charge in [0.25, 0.3) is 0 Å². The number of rotatable bonds is 17. The molecule has 1 N–H and O–H groups in total. The molecule has 168 valence electrons. The average Bonchev–Trinajstić information content (AvgIpc) is 2.74. The first-order chi connectivity index (χ1) is 14.6. The van der Waals surface area contributed by atoms with Crippen molar-refractivity contribution in [2.24, 2.45) is 0 Å². The summed E-state index contributed by atoms with van der Waals surface area (Å²) in [5, 5.41) is 2.00. The molecule has 2 rings (SSSR count). The van der Waals surface area contributed by atoms with Gasteiger partial charge in [-0.1, -0.05) is 127 Å². The quantitative estimate of drug-likeness (QED) is 0.257. The highest BCUT2D eigenvalue weighted by molar-refractivity contribution is 7.92. The van der Waals surface area contributed by atoms with Gasteiger partial charge in [0.05, 0.1) is 11.4 Å². The zero-order valence-electron chi connectivity index (χ0n) is 18.9. The fourth-order valence-electron chi connectivity index (χ4n) is 4.02. The molecule has 0 aliphatic rings. The SMILES string of the molecule is CCCCCCCCCCCCCCCCS(=O)(=O)Nc1cccc2ccccc12. The van der Waals surface area contributed by atoms with E-state index in [-0.39, 0.29) is 5.75 Å². The topological polar surface area (TPSA) is 46.2 Å². The van der Waals surface area contributed by atoms with Gasteiger partial charge in [0.15, 0.2) is 0 Å². The van der Waals surface area contributed by atoms with Crippen LogP contribution >= 0.6 is 0 Å². The zero-order chi connectivity index (χ0) is 21.5. The predicted octanol–water partition coefficient (Wildman–Crippen LogP) is 8.06. The predicted molar refractivity (Wildman–Crippen MR) is 132 cm³/mol. The molecule has 0 spiro atoms. The average molecular weight is 432 g/mol. The lowest BCUT2D eigenvalue weighted by atomic mass is 10.0. The van der Waals surface area contributed by atoms with Crippen LogP contribution in [0, 0.1) is 0 Å². The molecule has 0 heterocycles. The maximum atomic E-state index is 12.5. The van der Waals surface area contributed by atoms with Crippen LogP contribution in [0.25, 0.3) is 10.8 Å². The Morgan fingerprint density at radius 3 is 1.73 bits per heavy atom. The van der Waals surface area contributed by atoms with Gasteiger partial charge >= 0.3 is 0 Å². The summed E-state index contributed by atoms with van der Waals surface area (Å²) in [5.41, 5.74) is 0.679. The van der Waals surface area contributed by atoms with E-state index in [4.69, 9.17) is 0 Å². The molecule has 30 heavy (non-hydrogen) atoms. The zero-order valence-corrected chi connectivity index (χ0v) is 19.7. The molecule has 0 saturated heterocycles. The monoisotopic (exact) mass is 431 g/mol. The fourth-order valence-corrected chi connectivity index (χ4v) is 5.22. The van der Waals surface area contributed by atoms with Gasteiger partial charge in [-0.2, -0.15) is 0 Å². The van der Waals surface area contributed by atoms with E-state index in [0.29, 0.717) is 5.69 Å². The Hall–Kier alpha value is -1.55. The minimum absolute atomic E-state index is 0.203. The van der Waals surface area contributed by atoms with Crippen molar-refractivity contribution in [1.29, 1.82) is 0 Å². The summed E-state index contributed by atoms with van der Waals surface area (Å²) in [4.78, 5) is 0. The summed E-state index contributed by atoms with van der Waals surface area (Å²) < 4.78 is 27.7. The standard InChI is InChI=1S/C26H41NO2S/c1-2-3-4-5-6-7-8-9-10-11-12-13-14-17-23-30(28,29)27-26-22-18-20-24-19-15-16-21-25(24)26/h15-16,18-22,27H,2-14,17,23H2,1H3. The van der Waals surface area contributed by atoms with Gasteiger partial charge in [-0.05, 0) is 17.9 Å². The van der Waals surface area contributed by atoms with Crippen molar-refractivity contribution < 1.29 is 8.42 Å². The largest absolute Gasteiger partial charge is 0.283 e. The Labute approximate surface area is 184 Å². The maximum Gasteiger partial charge on any atom is 0.232 e. The van der Waals surface area contributed by atoms with Gasteiger partial charge < -0.3 is 0 Å². The molecule has 0 amide bonds. The first kappa shape index (κ1) is 24.7. The lowest BCUT2D eigenvalue weighted by molar-refractivity contribution is 0.537. The van der Waals surface area contributed by atoms with Gasteiger partial charge in [-0.3, -0.25) is 4.72 Å². The van der Waals surface area contributed by atoms with Gasteiger partial charge in [-0.15, -0.1) is 0 Å². The summed E-state index contributed by atoms with van der Waals surface area (Å²) in [6.45, 7) is 2.27. The molecular weight excluding hydrogens is 390 g/mol. The number of hydrogen-bond acceptors (Lipinski definition) is 2. The molecule has 2 aromatic carbocycles. The second kappa shape index (κ2) is 14.5. The van der Waals surface area contributed by atoms with E-state index in [2.05, 4.69) is 11.6 Å². The van der Waals surface area contributed by atoms with E-state index < -0.39 is 10.0 Å². The van der Waals surface area contributed by atoms with Crippen LogP contribution in [0.15, 0.2) is 42.5 Å². The Bertz CT molecular complexity index is 811. The Balaban J connectivity index is 1.51. The molecule has 0 radical (unpaired) electrons. The number of unbranched alkanes of at least 4 members (excludes halogenated alkanes) is 13. The molecule has 3 nitrogen and oxygen atoms in total. The van der Waals surface area contributed by atoms with Crippen molar-refractivity contribution in [3.8, 4) is 0 Å². The van der Waals surface area contributed by atoms with Gasteiger partial charge in [-0.25, -0.2) is 8.42 Å². The maximum absolute atomic E-state index is 12.5. The molecule has 0 aliphatic heterocycles. The van der Waals surface area contributed by atoms with Crippen molar-refractivity contribution in [3.63, 3.8) is 0 Å². The summed E-state index contributed by atoms with van der Waals surface area (Å²) >= 11 is 0. The van der Waals surface area contributed by atoms with E-state index >= 15 is 0 Å². The molecule has 0 aliphatic carbocycles. The Morgan fingerprint density at radius 1 is 0.633 bits per heavy atom. The molecule has 0 atom stereocenters. The van der Waals surface area contributed by atoms with Crippen molar-refractivity contribution in [3.05, 3.63) is 42.5 Å². The first-order valence-electron chi connectivity index (χ1n) is 12.1. The Kier molecular flexibility index (Phi) is 11.9. The normalized spacial score (nSPS) is 11.8. The third-order valence-corrected chi connectivity index (χ3v) is 7.18. The number of anilines is 1. The van der Waals surface area contributed by atoms with Crippen LogP contribution in [-0.4, -0.2) is 14.2 Å². The Morgan fingerprint density at radius 2 is 1.13 bits per heavy atom. The molecule has 0 fully saturated rings. The molecule has 0 bridgehead atoms. The summed E-state index contributed by atoms with van der Waals surface area (Å²) in [6, 6.07) is 13.6. The van der Waals surface area contributed by atoms with E-state index in [9.17, 15) is 8.42 Å². The lowest BCUT2D eigenvalue weighted by Crippen LogP contribution is -2.16. The van der Waals surface area contributed by atoms with Crippen LogP contribution in [0.2, 0.25) is 0 Å². The summed E-state index contributed by atoms with van der Waals surface area (Å²) in [6.07, 6.45) is 17.8. The smallest absolute Gasteiger partial charge is 0.232 e. The molecule has 4 heteroatoms. The van der Waals surface area contributed by atoms with E-state index in [1.807, 2.05) is 42.5 Å². The highest BCUT2D eigenvalue weighted by atomic mass is 32.2. The van der Waals surface area contributed by atoms with Crippen LogP contribution < -0.4 is 4.72 Å². The first-order valence-corrected chi connectivity index (χ1v) is 13.8. The van der Waals surface area contributed by atoms with Crippen molar-refractivity contribution in [2.45, 2.75) is 96.8 Å². The minimum atomic E-state index is -3.29. The van der Waals surface area contributed by atoms with E-state index in [1.165, 1.54) is 70.6 Å². The second-order valence-electron chi connectivity index (χ2n) is 8.54. The van der Waals surface area contributed by atoms with Gasteiger partial charge in [0.2, 0.25) is 10.0 Å². The number of nitrogens with one attached hydrogen (secondary N) is 1. The summed E-state index contributed by atoms with van der Waals surface area (Å²) in [7, 11) is -3.29. The highest BCUT2D eigenvalue weighted by Gasteiger charge is 2.11. The second-order valence-corrected chi connectivity index (χ2v) is 10.4. The van der Waals surface area contributed by atoms with Crippen molar-refractivity contribution in [2.75, 3.05) is 10.5 Å². The van der Waals surface area contributed by atoms with E-state index in [1.54, 1.807) is 0 Å². The number of sulfonamides is 1. The third-order valence-electron chi connectivity index (χ3n) is 5.82. The van der Waals surface area contributed by atoms with E-state index in [0.717, 1.165) is 30.0 Å². The van der Waals surface area contributed by atoms with Crippen LogP contribution in [0.3, 0.4) is 0 Å². The number of fused-ring (bicyclic) bond motifs is 1. The number of benzene rings is 2. The summed E-state index contributed by atoms with van der Waals surface area (Å²) in [5.74, 6) is 0.203. The van der Waals surface area contributed by atoms with Crippen LogP contribution in [0.5, 0.6) is 0 Å². The van der Waals surface area contributed by atoms with Gasteiger partial charge in [0.1, 0.15) is 0 Å². The molecule has 0 aromatic heterocycles. The van der Waals surface area contributed by atoms with Crippen molar-refractivity contribution in [1.82, 2.24) is 0 Å². The molecule has 0 saturated carbocycles. The molecule has 0 unspecified atom stereocenters. The molecular formula is C26H41NO2S. The molecule has 2 aromatic rings. The van der Waals surface area contributed by atoms with Crippen molar-refractivity contribution >= 4 is 26.5 Å². The van der Waals surface area contributed by atoms with Crippen LogP contribution in [0.4, 0.5) is 5.69 Å². The van der Waals surface area contributed by atoms with Crippen LogP contribution in [0.1, 0.15) is 96.8 Å². The number of hydrogen-bond donors (Lipinski definition) is 1. The van der Waals surface area contributed by atoms with Crippen LogP contribution in [-0.2, 0) is 10.0 Å².